The second-order valence-corrected chi connectivity index (χ2v) is 5.41. The molecule has 2 aromatic heterocycles. The summed E-state index contributed by atoms with van der Waals surface area (Å²) < 4.78 is 1.80. The van der Waals surface area contributed by atoms with Crippen LogP contribution < -0.4 is 10.6 Å². The van der Waals surface area contributed by atoms with Gasteiger partial charge in [0, 0.05) is 24.8 Å². The first-order valence-electron chi connectivity index (χ1n) is 6.24. The fourth-order valence-corrected chi connectivity index (χ4v) is 2.52. The summed E-state index contributed by atoms with van der Waals surface area (Å²) in [5.41, 5.74) is 7.02. The van der Waals surface area contributed by atoms with Gasteiger partial charge in [0.1, 0.15) is 12.1 Å². The van der Waals surface area contributed by atoms with Crippen LogP contribution in [0.1, 0.15) is 19.0 Å². The zero-order valence-corrected chi connectivity index (χ0v) is 10.8. The van der Waals surface area contributed by atoms with E-state index in [0.29, 0.717) is 12.3 Å². The molecule has 0 bridgehead atoms. The first-order chi connectivity index (χ1) is 8.61. The molecule has 18 heavy (non-hydrogen) atoms. The van der Waals surface area contributed by atoms with Crippen molar-refractivity contribution in [3.05, 3.63) is 18.1 Å². The van der Waals surface area contributed by atoms with Gasteiger partial charge in [-0.1, -0.05) is 6.92 Å². The zero-order chi connectivity index (χ0) is 12.8. The maximum Gasteiger partial charge on any atom is 0.254 e. The summed E-state index contributed by atoms with van der Waals surface area (Å²) in [6.45, 7) is 6.90. The average Bonchev–Trinajstić information content (AvgIpc) is 2.95. The summed E-state index contributed by atoms with van der Waals surface area (Å²) in [5.74, 6) is 1.72. The normalized spacial score (nSPS) is 24.1. The second kappa shape index (κ2) is 3.91. The Hall–Kier alpha value is -1.69. The van der Waals surface area contributed by atoms with Crippen molar-refractivity contribution >= 4 is 11.6 Å². The Labute approximate surface area is 106 Å². The summed E-state index contributed by atoms with van der Waals surface area (Å²) in [6.07, 6.45) is 2.66. The van der Waals surface area contributed by atoms with Crippen LogP contribution in [0.3, 0.4) is 0 Å². The first kappa shape index (κ1) is 11.4. The molecule has 0 aromatic carbocycles. The molecule has 0 saturated carbocycles. The highest BCUT2D eigenvalue weighted by molar-refractivity contribution is 5.48. The van der Waals surface area contributed by atoms with Gasteiger partial charge in [0.2, 0.25) is 0 Å². The van der Waals surface area contributed by atoms with Crippen molar-refractivity contribution in [2.24, 2.45) is 11.1 Å². The predicted molar refractivity (Wildman–Crippen MR) is 69.5 cm³/mol. The molecular formula is C12H18N6. The number of hydrogen-bond donors (Lipinski definition) is 1. The Morgan fingerprint density at radius 2 is 2.33 bits per heavy atom. The van der Waals surface area contributed by atoms with Crippen molar-refractivity contribution in [1.82, 2.24) is 19.6 Å². The maximum absolute atomic E-state index is 5.86. The lowest BCUT2D eigenvalue weighted by Crippen LogP contribution is -2.32. The van der Waals surface area contributed by atoms with E-state index in [1.54, 1.807) is 10.8 Å². The Bertz CT molecular complexity index is 577. The molecule has 3 heterocycles. The number of nitrogens with zero attached hydrogens (tertiary/aromatic N) is 5. The summed E-state index contributed by atoms with van der Waals surface area (Å²) in [4.78, 5) is 10.8. The minimum atomic E-state index is 0.198. The SMILES string of the molecule is Cc1cc(N2CCC(C)(CN)C2)n2ncnc2n1. The lowest BCUT2D eigenvalue weighted by atomic mass is 9.90. The van der Waals surface area contributed by atoms with Gasteiger partial charge in [-0.3, -0.25) is 0 Å². The number of fused-ring (bicyclic) bond motifs is 1. The third kappa shape index (κ3) is 1.73. The molecule has 1 aliphatic heterocycles. The van der Waals surface area contributed by atoms with Crippen LogP contribution in [-0.4, -0.2) is 39.2 Å². The van der Waals surface area contributed by atoms with Crippen LogP contribution in [0, 0.1) is 12.3 Å². The minimum Gasteiger partial charge on any atom is -0.356 e. The molecule has 0 aliphatic carbocycles. The molecule has 1 unspecified atom stereocenters. The van der Waals surface area contributed by atoms with Gasteiger partial charge in [0.05, 0.1) is 0 Å². The molecule has 1 saturated heterocycles. The predicted octanol–water partition coefficient (Wildman–Crippen LogP) is 0.608. The summed E-state index contributed by atoms with van der Waals surface area (Å²) in [5, 5.41) is 4.25. The molecule has 6 heteroatoms. The fourth-order valence-electron chi connectivity index (χ4n) is 2.52. The van der Waals surface area contributed by atoms with Gasteiger partial charge >= 0.3 is 0 Å². The van der Waals surface area contributed by atoms with Gasteiger partial charge in [-0.2, -0.15) is 14.6 Å². The van der Waals surface area contributed by atoms with Crippen molar-refractivity contribution in [1.29, 1.82) is 0 Å². The fraction of sp³-hybridized carbons (Fsp3) is 0.583. The molecule has 1 aliphatic rings. The van der Waals surface area contributed by atoms with Crippen LogP contribution in [0.15, 0.2) is 12.4 Å². The molecule has 2 N–H and O–H groups in total. The number of hydrogen-bond acceptors (Lipinski definition) is 5. The molecule has 6 nitrogen and oxygen atoms in total. The van der Waals surface area contributed by atoms with Crippen molar-refractivity contribution in [2.45, 2.75) is 20.3 Å². The van der Waals surface area contributed by atoms with Crippen molar-refractivity contribution < 1.29 is 0 Å². The topological polar surface area (TPSA) is 72.3 Å². The molecule has 3 rings (SSSR count). The van der Waals surface area contributed by atoms with E-state index in [2.05, 4.69) is 33.0 Å². The van der Waals surface area contributed by atoms with Gasteiger partial charge in [-0.25, -0.2) is 4.98 Å². The van der Waals surface area contributed by atoms with Gasteiger partial charge in [0.25, 0.3) is 5.78 Å². The second-order valence-electron chi connectivity index (χ2n) is 5.41. The van der Waals surface area contributed by atoms with Gasteiger partial charge in [-0.15, -0.1) is 0 Å². The highest BCUT2D eigenvalue weighted by Crippen LogP contribution is 2.32. The standard InChI is InChI=1S/C12H18N6/c1-9-5-10(18-11(16-9)14-8-15-18)17-4-3-12(2,6-13)7-17/h5,8H,3-4,6-7,13H2,1-2H3. The molecule has 0 spiro atoms. The summed E-state index contributed by atoms with van der Waals surface area (Å²) in [7, 11) is 0. The van der Waals surface area contributed by atoms with Crippen LogP contribution in [0.5, 0.6) is 0 Å². The summed E-state index contributed by atoms with van der Waals surface area (Å²) in [6, 6.07) is 2.06. The van der Waals surface area contributed by atoms with E-state index < -0.39 is 0 Å². The van der Waals surface area contributed by atoms with E-state index in [1.807, 2.05) is 6.92 Å². The van der Waals surface area contributed by atoms with Crippen LogP contribution in [0.25, 0.3) is 5.78 Å². The summed E-state index contributed by atoms with van der Waals surface area (Å²) >= 11 is 0. The van der Waals surface area contributed by atoms with E-state index in [1.165, 1.54) is 0 Å². The number of rotatable bonds is 2. The monoisotopic (exact) mass is 246 g/mol. The highest BCUT2D eigenvalue weighted by atomic mass is 15.4. The molecular weight excluding hydrogens is 228 g/mol. The van der Waals surface area contributed by atoms with E-state index in [9.17, 15) is 0 Å². The average molecular weight is 246 g/mol. The number of nitrogens with two attached hydrogens (primary N) is 1. The third-order valence-electron chi connectivity index (χ3n) is 3.74. The van der Waals surface area contributed by atoms with E-state index in [0.717, 1.165) is 31.0 Å². The Kier molecular flexibility index (Phi) is 2.48. The number of aromatic nitrogens is 4. The Balaban J connectivity index is 2.02. The number of aryl methyl sites for hydroxylation is 1. The van der Waals surface area contributed by atoms with Crippen LogP contribution in [0.4, 0.5) is 5.82 Å². The largest absolute Gasteiger partial charge is 0.356 e. The van der Waals surface area contributed by atoms with Gasteiger partial charge < -0.3 is 10.6 Å². The quantitative estimate of drug-likeness (QED) is 0.840. The van der Waals surface area contributed by atoms with Crippen LogP contribution >= 0.6 is 0 Å². The van der Waals surface area contributed by atoms with Crippen LogP contribution in [-0.2, 0) is 0 Å². The van der Waals surface area contributed by atoms with Crippen molar-refractivity contribution in [3.8, 4) is 0 Å². The minimum absolute atomic E-state index is 0.198. The molecule has 1 atom stereocenters. The maximum atomic E-state index is 5.86. The molecule has 0 amide bonds. The van der Waals surface area contributed by atoms with Crippen LogP contribution in [0.2, 0.25) is 0 Å². The van der Waals surface area contributed by atoms with E-state index in [4.69, 9.17) is 5.73 Å². The molecule has 96 valence electrons. The highest BCUT2D eigenvalue weighted by Gasteiger charge is 2.33. The van der Waals surface area contributed by atoms with Gasteiger partial charge in [-0.05, 0) is 25.3 Å². The van der Waals surface area contributed by atoms with Crippen molar-refractivity contribution in [3.63, 3.8) is 0 Å². The number of anilines is 1. The molecule has 1 fully saturated rings. The smallest absolute Gasteiger partial charge is 0.254 e. The lowest BCUT2D eigenvalue weighted by Gasteiger charge is -2.24. The first-order valence-corrected chi connectivity index (χ1v) is 6.24. The Morgan fingerprint density at radius 3 is 3.06 bits per heavy atom. The molecule has 0 radical (unpaired) electrons. The van der Waals surface area contributed by atoms with E-state index >= 15 is 0 Å². The Morgan fingerprint density at radius 1 is 1.50 bits per heavy atom. The van der Waals surface area contributed by atoms with Crippen molar-refractivity contribution in [2.75, 3.05) is 24.5 Å². The lowest BCUT2D eigenvalue weighted by molar-refractivity contribution is 0.383. The zero-order valence-electron chi connectivity index (χ0n) is 10.8. The third-order valence-corrected chi connectivity index (χ3v) is 3.74. The van der Waals surface area contributed by atoms with Gasteiger partial charge in [0.15, 0.2) is 0 Å². The molecule has 2 aromatic rings. The van der Waals surface area contributed by atoms with E-state index in [-0.39, 0.29) is 5.41 Å².